The molecule has 116 valence electrons. The summed E-state index contributed by atoms with van der Waals surface area (Å²) >= 11 is 0. The van der Waals surface area contributed by atoms with Crippen LogP contribution in [-0.4, -0.2) is 34.6 Å². The van der Waals surface area contributed by atoms with E-state index in [2.05, 4.69) is 21.3 Å². The maximum absolute atomic E-state index is 11.4. The molecule has 0 amide bonds. The Balaban J connectivity index is 1.54. The van der Waals surface area contributed by atoms with Gasteiger partial charge in [0.2, 0.25) is 0 Å². The van der Waals surface area contributed by atoms with Gasteiger partial charge >= 0.3 is 0 Å². The van der Waals surface area contributed by atoms with Crippen LogP contribution in [0.1, 0.15) is 12.8 Å². The fourth-order valence-corrected chi connectivity index (χ4v) is 3.29. The largest absolute Gasteiger partial charge is 0.382 e. The Bertz CT molecular complexity index is 622. The van der Waals surface area contributed by atoms with Crippen molar-refractivity contribution in [3.05, 3.63) is 48.7 Å². The third-order valence-corrected chi connectivity index (χ3v) is 4.96. The molecule has 1 fully saturated rings. The predicted molar refractivity (Wildman–Crippen MR) is 91.9 cm³/mol. The molecule has 1 aliphatic heterocycles. The number of anilines is 2. The van der Waals surface area contributed by atoms with E-state index in [4.69, 9.17) is 0 Å². The van der Waals surface area contributed by atoms with Gasteiger partial charge in [0, 0.05) is 53.0 Å². The zero-order chi connectivity index (χ0) is 15.4. The third kappa shape index (κ3) is 3.65. The van der Waals surface area contributed by atoms with E-state index in [-0.39, 0.29) is 0 Å². The zero-order valence-electron chi connectivity index (χ0n) is 12.7. The van der Waals surface area contributed by atoms with Crippen LogP contribution in [0.2, 0.25) is 0 Å². The first-order valence-electron chi connectivity index (χ1n) is 7.58. The normalized spacial score (nSPS) is 17.2. The molecule has 3 rings (SSSR count). The van der Waals surface area contributed by atoms with Crippen LogP contribution in [0.5, 0.6) is 0 Å². The summed E-state index contributed by atoms with van der Waals surface area (Å²) in [4.78, 5) is 7.62. The van der Waals surface area contributed by atoms with Crippen molar-refractivity contribution in [1.29, 1.82) is 0 Å². The van der Waals surface area contributed by atoms with Crippen molar-refractivity contribution in [3.63, 3.8) is 0 Å². The van der Waals surface area contributed by atoms with E-state index in [0.29, 0.717) is 6.04 Å². The van der Waals surface area contributed by atoms with Crippen molar-refractivity contribution in [2.45, 2.75) is 23.8 Å². The Kier molecular flexibility index (Phi) is 4.73. The fourth-order valence-electron chi connectivity index (χ4n) is 2.77. The van der Waals surface area contributed by atoms with E-state index in [1.807, 2.05) is 42.6 Å². The van der Waals surface area contributed by atoms with E-state index in [1.54, 1.807) is 6.26 Å². The highest BCUT2D eigenvalue weighted by atomic mass is 32.2. The fraction of sp³-hybridized carbons (Fsp3) is 0.353. The molecule has 2 heterocycles. The van der Waals surface area contributed by atoms with E-state index < -0.39 is 10.8 Å². The molecule has 0 aliphatic carbocycles. The molecule has 1 aliphatic rings. The van der Waals surface area contributed by atoms with Crippen LogP contribution in [0, 0.1) is 0 Å². The van der Waals surface area contributed by atoms with Crippen molar-refractivity contribution in [3.8, 4) is 0 Å². The van der Waals surface area contributed by atoms with Gasteiger partial charge < -0.3 is 10.2 Å². The van der Waals surface area contributed by atoms with Gasteiger partial charge in [-0.25, -0.2) is 4.98 Å². The number of hydrogen-bond donors (Lipinski definition) is 1. The van der Waals surface area contributed by atoms with Crippen LogP contribution in [0.3, 0.4) is 0 Å². The first-order valence-corrected chi connectivity index (χ1v) is 9.14. The molecule has 1 N–H and O–H groups in total. The summed E-state index contributed by atoms with van der Waals surface area (Å²) < 4.78 is 11.4. The third-order valence-electron chi connectivity index (χ3n) is 4.03. The number of piperidine rings is 1. The number of aromatic nitrogens is 1. The smallest absolute Gasteiger partial charge is 0.128 e. The van der Waals surface area contributed by atoms with Crippen LogP contribution in [0.4, 0.5) is 11.5 Å². The lowest BCUT2D eigenvalue weighted by atomic mass is 10.0. The standard InChI is InChI=1S/C17H21N3OS/c1-22(21)16-7-5-14(6-8-16)19-15-9-12-20(13-10-15)17-4-2-3-11-18-17/h2-8,11,15,19H,9-10,12-13H2,1H3/t22-/m0/s1. The van der Waals surface area contributed by atoms with Crippen LogP contribution in [0.25, 0.3) is 0 Å². The van der Waals surface area contributed by atoms with Crippen LogP contribution in [-0.2, 0) is 10.8 Å². The average Bonchev–Trinajstić information content (AvgIpc) is 2.57. The van der Waals surface area contributed by atoms with Crippen molar-refractivity contribution < 1.29 is 4.21 Å². The highest BCUT2D eigenvalue weighted by Gasteiger charge is 2.19. The van der Waals surface area contributed by atoms with Crippen molar-refractivity contribution >= 4 is 22.3 Å². The summed E-state index contributed by atoms with van der Waals surface area (Å²) in [5.41, 5.74) is 1.10. The van der Waals surface area contributed by atoms with Gasteiger partial charge in [0.25, 0.3) is 0 Å². The summed E-state index contributed by atoms with van der Waals surface area (Å²) in [6.07, 6.45) is 5.74. The highest BCUT2D eigenvalue weighted by molar-refractivity contribution is 7.84. The van der Waals surface area contributed by atoms with Gasteiger partial charge in [-0.15, -0.1) is 0 Å². The SMILES string of the molecule is C[S@](=O)c1ccc(NC2CCN(c3ccccn3)CC2)cc1. The average molecular weight is 315 g/mol. The van der Waals surface area contributed by atoms with E-state index in [0.717, 1.165) is 42.3 Å². The van der Waals surface area contributed by atoms with Crippen LogP contribution in [0.15, 0.2) is 53.6 Å². The van der Waals surface area contributed by atoms with Gasteiger partial charge in [0.05, 0.1) is 0 Å². The van der Waals surface area contributed by atoms with Crippen LogP contribution < -0.4 is 10.2 Å². The summed E-state index contributed by atoms with van der Waals surface area (Å²) in [5.74, 6) is 1.07. The molecule has 0 bridgehead atoms. The van der Waals surface area contributed by atoms with Gasteiger partial charge in [-0.05, 0) is 49.2 Å². The molecule has 22 heavy (non-hydrogen) atoms. The van der Waals surface area contributed by atoms with Crippen LogP contribution >= 0.6 is 0 Å². The number of pyridine rings is 1. The molecule has 1 aromatic carbocycles. The lowest BCUT2D eigenvalue weighted by molar-refractivity contribution is 0.523. The lowest BCUT2D eigenvalue weighted by Gasteiger charge is -2.33. The second-order valence-electron chi connectivity index (χ2n) is 5.57. The lowest BCUT2D eigenvalue weighted by Crippen LogP contribution is -2.39. The molecule has 1 saturated heterocycles. The summed E-state index contributed by atoms with van der Waals surface area (Å²) in [6.45, 7) is 2.04. The number of hydrogen-bond acceptors (Lipinski definition) is 4. The van der Waals surface area contributed by atoms with Gasteiger partial charge in [0.15, 0.2) is 0 Å². The Morgan fingerprint density at radius 1 is 1.14 bits per heavy atom. The van der Waals surface area contributed by atoms with Crippen molar-refractivity contribution in [2.75, 3.05) is 29.6 Å². The minimum atomic E-state index is -0.911. The summed E-state index contributed by atoms with van der Waals surface area (Å²) in [5, 5.41) is 3.57. The molecular formula is C17H21N3OS. The molecule has 1 atom stereocenters. The minimum Gasteiger partial charge on any atom is -0.382 e. The van der Waals surface area contributed by atoms with Gasteiger partial charge in [-0.1, -0.05) is 6.07 Å². The predicted octanol–water partition coefficient (Wildman–Crippen LogP) is 2.90. The Morgan fingerprint density at radius 2 is 1.86 bits per heavy atom. The highest BCUT2D eigenvalue weighted by Crippen LogP contribution is 2.21. The second-order valence-corrected chi connectivity index (χ2v) is 6.95. The zero-order valence-corrected chi connectivity index (χ0v) is 13.6. The van der Waals surface area contributed by atoms with Crippen molar-refractivity contribution in [2.24, 2.45) is 0 Å². The minimum absolute atomic E-state index is 0.484. The Hall–Kier alpha value is -1.88. The maximum Gasteiger partial charge on any atom is 0.128 e. The number of benzene rings is 1. The maximum atomic E-state index is 11.4. The van der Waals surface area contributed by atoms with Gasteiger partial charge in [-0.2, -0.15) is 0 Å². The molecule has 2 aromatic rings. The first-order chi connectivity index (χ1) is 10.7. The molecule has 0 radical (unpaired) electrons. The second kappa shape index (κ2) is 6.92. The Labute approximate surface area is 134 Å². The molecular weight excluding hydrogens is 294 g/mol. The van der Waals surface area contributed by atoms with Crippen molar-refractivity contribution in [1.82, 2.24) is 4.98 Å². The van der Waals surface area contributed by atoms with E-state index in [1.165, 1.54) is 0 Å². The molecule has 0 unspecified atom stereocenters. The number of nitrogens with zero attached hydrogens (tertiary/aromatic N) is 2. The Morgan fingerprint density at radius 3 is 2.45 bits per heavy atom. The molecule has 1 aromatic heterocycles. The molecule has 0 saturated carbocycles. The molecule has 0 spiro atoms. The first kappa shape index (κ1) is 15.0. The summed E-state index contributed by atoms with van der Waals surface area (Å²) in [7, 11) is -0.911. The topological polar surface area (TPSA) is 45.2 Å². The van der Waals surface area contributed by atoms with Gasteiger partial charge in [0.1, 0.15) is 5.82 Å². The number of rotatable bonds is 4. The number of nitrogens with one attached hydrogen (secondary N) is 1. The molecule has 4 nitrogen and oxygen atoms in total. The van der Waals surface area contributed by atoms with Gasteiger partial charge in [-0.3, -0.25) is 4.21 Å². The monoisotopic (exact) mass is 315 g/mol. The molecule has 5 heteroatoms. The van der Waals surface area contributed by atoms with E-state index in [9.17, 15) is 4.21 Å². The van der Waals surface area contributed by atoms with E-state index >= 15 is 0 Å². The summed E-state index contributed by atoms with van der Waals surface area (Å²) in [6, 6.07) is 14.4. The quantitative estimate of drug-likeness (QED) is 0.942.